The molecule has 9 nitrogen and oxygen atoms in total. The van der Waals surface area contributed by atoms with Gasteiger partial charge in [0.1, 0.15) is 5.69 Å². The van der Waals surface area contributed by atoms with Gasteiger partial charge >= 0.3 is 6.01 Å². The Hall–Kier alpha value is -3.62. The molecule has 3 aromatic heterocycles. The minimum absolute atomic E-state index is 0.0410. The number of carbonyl (C=O) groups excluding carboxylic acids is 1. The van der Waals surface area contributed by atoms with Crippen molar-refractivity contribution in [3.05, 3.63) is 41.8 Å². The van der Waals surface area contributed by atoms with E-state index in [9.17, 15) is 4.79 Å². The summed E-state index contributed by atoms with van der Waals surface area (Å²) in [6.07, 6.45) is 0. The first kappa shape index (κ1) is 15.9. The van der Waals surface area contributed by atoms with E-state index >= 15 is 0 Å². The largest absolute Gasteiger partial charge is 0.493 e. The average molecular weight is 353 g/mol. The summed E-state index contributed by atoms with van der Waals surface area (Å²) >= 11 is 0. The summed E-state index contributed by atoms with van der Waals surface area (Å²) in [5.41, 5.74) is 1.97. The lowest BCUT2D eigenvalue weighted by Gasteiger charge is -1.98. The Morgan fingerprint density at radius 2 is 2.08 bits per heavy atom. The first-order valence-electron chi connectivity index (χ1n) is 7.77. The van der Waals surface area contributed by atoms with E-state index in [-0.39, 0.29) is 17.7 Å². The van der Waals surface area contributed by atoms with Gasteiger partial charge in [-0.2, -0.15) is 5.10 Å². The van der Waals surface area contributed by atoms with Crippen LogP contribution in [0.1, 0.15) is 16.2 Å². The first-order valence-corrected chi connectivity index (χ1v) is 7.77. The van der Waals surface area contributed by atoms with E-state index < -0.39 is 5.91 Å². The number of hydrogen-bond donors (Lipinski definition) is 1. The molecule has 0 aliphatic heterocycles. The van der Waals surface area contributed by atoms with Gasteiger partial charge in [-0.15, -0.1) is 5.10 Å². The Bertz CT molecular complexity index is 1090. The predicted molar refractivity (Wildman–Crippen MR) is 92.0 cm³/mol. The lowest BCUT2D eigenvalue weighted by atomic mass is 10.2. The van der Waals surface area contributed by atoms with Crippen LogP contribution in [0, 0.1) is 6.92 Å². The lowest BCUT2D eigenvalue weighted by Crippen LogP contribution is -2.10. The molecule has 0 saturated heterocycles. The van der Waals surface area contributed by atoms with E-state index in [0.29, 0.717) is 17.0 Å². The van der Waals surface area contributed by atoms with Crippen molar-refractivity contribution in [3.8, 4) is 17.3 Å². The molecule has 1 amide bonds. The molecule has 0 aliphatic rings. The van der Waals surface area contributed by atoms with Gasteiger partial charge < -0.3 is 13.6 Å². The number of para-hydroxylation sites is 1. The third kappa shape index (κ3) is 2.69. The van der Waals surface area contributed by atoms with Gasteiger partial charge in [-0.05, 0) is 25.1 Å². The van der Waals surface area contributed by atoms with Crippen molar-refractivity contribution in [2.75, 3.05) is 12.4 Å². The average Bonchev–Trinajstić information content (AvgIpc) is 3.33. The van der Waals surface area contributed by atoms with Gasteiger partial charge in [0.2, 0.25) is 0 Å². The van der Waals surface area contributed by atoms with E-state index in [1.807, 2.05) is 32.2 Å². The number of furan rings is 1. The van der Waals surface area contributed by atoms with Crippen LogP contribution in [0.15, 0.2) is 39.2 Å². The molecule has 0 saturated carbocycles. The van der Waals surface area contributed by atoms with Crippen LogP contribution in [-0.4, -0.2) is 33.0 Å². The molecule has 4 aromatic rings. The number of nitrogens with zero attached hydrogens (tertiary/aromatic N) is 4. The van der Waals surface area contributed by atoms with Crippen molar-refractivity contribution in [1.82, 2.24) is 20.0 Å². The Balaban J connectivity index is 1.57. The number of carbonyl (C=O) groups is 1. The highest BCUT2D eigenvalue weighted by Crippen LogP contribution is 2.29. The van der Waals surface area contributed by atoms with Gasteiger partial charge in [0.25, 0.3) is 11.8 Å². The Labute approximate surface area is 147 Å². The smallest absolute Gasteiger partial charge is 0.322 e. The highest BCUT2D eigenvalue weighted by Gasteiger charge is 2.18. The number of benzene rings is 1. The van der Waals surface area contributed by atoms with E-state index in [1.165, 1.54) is 7.11 Å². The molecule has 3 heterocycles. The quantitative estimate of drug-likeness (QED) is 0.601. The maximum atomic E-state index is 12.4. The minimum Gasteiger partial charge on any atom is -0.493 e. The highest BCUT2D eigenvalue weighted by atomic mass is 16.5. The molecule has 9 heteroatoms. The molecule has 0 bridgehead atoms. The lowest BCUT2D eigenvalue weighted by molar-refractivity contribution is 0.0995. The number of fused-ring (bicyclic) bond motifs is 1. The standard InChI is InChI=1S/C17H15N5O4/c1-9-7-11(21-22(9)2)16-19-20-17(26-16)18-15(23)13-8-10-5-4-6-12(24-3)14(10)25-13/h4-8H,1-3H3,(H,18,20,23). The SMILES string of the molecule is COc1cccc2cc(C(=O)Nc3nnc(-c4cc(C)n(C)n4)o3)oc12. The fraction of sp³-hybridized carbons (Fsp3) is 0.176. The zero-order valence-electron chi connectivity index (χ0n) is 14.3. The normalized spacial score (nSPS) is 11.0. The maximum Gasteiger partial charge on any atom is 0.322 e. The van der Waals surface area contributed by atoms with E-state index in [2.05, 4.69) is 20.6 Å². The first-order chi connectivity index (χ1) is 12.5. The van der Waals surface area contributed by atoms with Crippen LogP contribution >= 0.6 is 0 Å². The van der Waals surface area contributed by atoms with Crippen LogP contribution in [0.25, 0.3) is 22.6 Å². The minimum atomic E-state index is -0.504. The molecular weight excluding hydrogens is 338 g/mol. The number of ether oxygens (including phenoxy) is 1. The summed E-state index contributed by atoms with van der Waals surface area (Å²) < 4.78 is 18.0. The molecule has 1 N–H and O–H groups in total. The van der Waals surface area contributed by atoms with E-state index in [1.54, 1.807) is 16.8 Å². The molecule has 0 unspecified atom stereocenters. The van der Waals surface area contributed by atoms with Crippen LogP contribution < -0.4 is 10.1 Å². The summed E-state index contributed by atoms with van der Waals surface area (Å²) in [6.45, 7) is 1.91. The van der Waals surface area contributed by atoms with Gasteiger partial charge in [0.05, 0.1) is 7.11 Å². The van der Waals surface area contributed by atoms with Crippen LogP contribution in [-0.2, 0) is 7.05 Å². The molecule has 0 spiro atoms. The number of hydrogen-bond acceptors (Lipinski definition) is 7. The number of rotatable bonds is 4. The van der Waals surface area contributed by atoms with Gasteiger partial charge in [0.15, 0.2) is 17.1 Å². The summed E-state index contributed by atoms with van der Waals surface area (Å²) in [7, 11) is 3.35. The van der Waals surface area contributed by atoms with Gasteiger partial charge in [-0.3, -0.25) is 14.8 Å². The second-order valence-electron chi connectivity index (χ2n) is 5.65. The number of aryl methyl sites for hydroxylation is 2. The number of methoxy groups -OCH3 is 1. The van der Waals surface area contributed by atoms with Crippen LogP contribution in [0.4, 0.5) is 6.01 Å². The van der Waals surface area contributed by atoms with Gasteiger partial charge in [-0.25, -0.2) is 0 Å². The summed E-state index contributed by atoms with van der Waals surface area (Å²) in [5.74, 6) is 0.371. The second-order valence-corrected chi connectivity index (χ2v) is 5.65. The summed E-state index contributed by atoms with van der Waals surface area (Å²) in [6, 6.07) is 8.79. The Morgan fingerprint density at radius 1 is 1.23 bits per heavy atom. The third-order valence-electron chi connectivity index (χ3n) is 3.93. The zero-order chi connectivity index (χ0) is 18.3. The summed E-state index contributed by atoms with van der Waals surface area (Å²) in [5, 5.41) is 15.2. The molecule has 132 valence electrons. The van der Waals surface area contributed by atoms with Crippen LogP contribution in [0.5, 0.6) is 5.75 Å². The molecule has 0 fully saturated rings. The molecular formula is C17H15N5O4. The van der Waals surface area contributed by atoms with Crippen molar-refractivity contribution in [3.63, 3.8) is 0 Å². The monoisotopic (exact) mass is 353 g/mol. The van der Waals surface area contributed by atoms with Gasteiger partial charge in [-0.1, -0.05) is 17.2 Å². The summed E-state index contributed by atoms with van der Waals surface area (Å²) in [4.78, 5) is 12.4. The fourth-order valence-electron chi connectivity index (χ4n) is 2.51. The van der Waals surface area contributed by atoms with E-state index in [4.69, 9.17) is 13.6 Å². The van der Waals surface area contributed by atoms with E-state index in [0.717, 1.165) is 11.1 Å². The Morgan fingerprint density at radius 3 is 2.81 bits per heavy atom. The van der Waals surface area contributed by atoms with Crippen molar-refractivity contribution in [2.45, 2.75) is 6.92 Å². The third-order valence-corrected chi connectivity index (χ3v) is 3.93. The van der Waals surface area contributed by atoms with Crippen molar-refractivity contribution < 1.29 is 18.4 Å². The molecule has 1 aromatic carbocycles. The molecule has 4 rings (SSSR count). The van der Waals surface area contributed by atoms with Gasteiger partial charge in [0, 0.05) is 18.1 Å². The van der Waals surface area contributed by atoms with Crippen molar-refractivity contribution in [2.24, 2.45) is 7.05 Å². The zero-order valence-corrected chi connectivity index (χ0v) is 14.3. The second kappa shape index (κ2) is 6.03. The molecule has 0 radical (unpaired) electrons. The number of aromatic nitrogens is 4. The maximum absolute atomic E-state index is 12.4. The van der Waals surface area contributed by atoms with Crippen LogP contribution in [0.2, 0.25) is 0 Å². The number of anilines is 1. The van der Waals surface area contributed by atoms with Crippen molar-refractivity contribution in [1.29, 1.82) is 0 Å². The van der Waals surface area contributed by atoms with Crippen LogP contribution in [0.3, 0.4) is 0 Å². The number of nitrogens with one attached hydrogen (secondary N) is 1. The Kier molecular flexibility index (Phi) is 3.68. The topological polar surface area (TPSA) is 108 Å². The molecule has 0 atom stereocenters. The molecule has 0 aliphatic carbocycles. The highest BCUT2D eigenvalue weighted by molar-refractivity contribution is 6.04. The predicted octanol–water partition coefficient (Wildman–Crippen LogP) is 2.79. The van der Waals surface area contributed by atoms with Crippen molar-refractivity contribution >= 4 is 22.9 Å². The molecule has 26 heavy (non-hydrogen) atoms. The number of amides is 1. The fourth-order valence-corrected chi connectivity index (χ4v) is 2.51.